The summed E-state index contributed by atoms with van der Waals surface area (Å²) in [5.74, 6) is 0.911. The fraction of sp³-hybridized carbons (Fsp3) is 0.462. The van der Waals surface area contributed by atoms with Gasteiger partial charge in [-0.25, -0.2) is 4.98 Å². The third-order valence-electron chi connectivity index (χ3n) is 3.30. The number of aromatic nitrogens is 1. The molecule has 1 fully saturated rings. The zero-order valence-corrected chi connectivity index (χ0v) is 10.3. The number of rotatable bonds is 4. The molecule has 2 nitrogen and oxygen atoms in total. The molecule has 2 unspecified atom stereocenters. The average molecular weight is 232 g/mol. The monoisotopic (exact) mass is 232 g/mol. The molecule has 1 aromatic heterocycles. The van der Waals surface area contributed by atoms with Crippen LogP contribution in [0.15, 0.2) is 24.3 Å². The van der Waals surface area contributed by atoms with Crippen LogP contribution >= 0.6 is 11.3 Å². The molecule has 0 saturated heterocycles. The van der Waals surface area contributed by atoms with E-state index in [2.05, 4.69) is 35.4 Å². The Hall–Kier alpha value is -0.930. The van der Waals surface area contributed by atoms with Crippen molar-refractivity contribution in [1.82, 2.24) is 10.3 Å². The molecule has 0 amide bonds. The van der Waals surface area contributed by atoms with Crippen LogP contribution < -0.4 is 5.32 Å². The first kappa shape index (κ1) is 10.2. The van der Waals surface area contributed by atoms with E-state index in [1.807, 2.05) is 6.07 Å². The Kier molecular flexibility index (Phi) is 2.65. The summed E-state index contributed by atoms with van der Waals surface area (Å²) in [5, 5.41) is 4.79. The zero-order chi connectivity index (χ0) is 11.0. The number of hydrogen-bond acceptors (Lipinski definition) is 3. The van der Waals surface area contributed by atoms with Gasteiger partial charge < -0.3 is 5.32 Å². The molecule has 1 heterocycles. The number of hydrogen-bond donors (Lipinski definition) is 1. The summed E-state index contributed by atoms with van der Waals surface area (Å²) in [6.07, 6.45) is 2.65. The van der Waals surface area contributed by atoms with Gasteiger partial charge in [-0.3, -0.25) is 0 Å². The third-order valence-corrected chi connectivity index (χ3v) is 4.34. The van der Waals surface area contributed by atoms with E-state index in [9.17, 15) is 0 Å². The van der Waals surface area contributed by atoms with Crippen molar-refractivity contribution in [1.29, 1.82) is 0 Å². The molecule has 1 aliphatic rings. The van der Waals surface area contributed by atoms with Gasteiger partial charge in [0.15, 0.2) is 0 Å². The predicted molar refractivity (Wildman–Crippen MR) is 68.6 cm³/mol. The number of thiazole rings is 1. The fourth-order valence-electron chi connectivity index (χ4n) is 2.16. The predicted octanol–water partition coefficient (Wildman–Crippen LogP) is 3.18. The summed E-state index contributed by atoms with van der Waals surface area (Å²) >= 11 is 1.80. The van der Waals surface area contributed by atoms with Gasteiger partial charge >= 0.3 is 0 Å². The summed E-state index contributed by atoms with van der Waals surface area (Å²) in [4.78, 5) is 4.62. The van der Waals surface area contributed by atoms with Gasteiger partial charge in [-0.15, -0.1) is 11.3 Å². The van der Waals surface area contributed by atoms with Gasteiger partial charge in [0.25, 0.3) is 0 Å². The molecule has 2 aromatic rings. The number of nitrogens with one attached hydrogen (secondary N) is 1. The highest BCUT2D eigenvalue weighted by molar-refractivity contribution is 7.18. The van der Waals surface area contributed by atoms with Crippen LogP contribution in [-0.4, -0.2) is 11.0 Å². The van der Waals surface area contributed by atoms with Gasteiger partial charge in [-0.2, -0.15) is 0 Å². The first-order chi connectivity index (χ1) is 7.86. The zero-order valence-electron chi connectivity index (χ0n) is 9.44. The van der Waals surface area contributed by atoms with E-state index >= 15 is 0 Å². The minimum absolute atomic E-state index is 0.747. The van der Waals surface area contributed by atoms with Crippen LogP contribution in [-0.2, 0) is 6.54 Å². The minimum atomic E-state index is 0.747. The van der Waals surface area contributed by atoms with E-state index in [0.717, 1.165) is 24.0 Å². The molecule has 2 atom stereocenters. The molecule has 16 heavy (non-hydrogen) atoms. The summed E-state index contributed by atoms with van der Waals surface area (Å²) < 4.78 is 1.29. The number of para-hydroxylation sites is 1. The summed E-state index contributed by atoms with van der Waals surface area (Å²) in [7, 11) is 0. The van der Waals surface area contributed by atoms with Gasteiger partial charge in [0.05, 0.1) is 10.2 Å². The highest BCUT2D eigenvalue weighted by Gasteiger charge is 2.34. The van der Waals surface area contributed by atoms with Crippen molar-refractivity contribution in [2.75, 3.05) is 0 Å². The second-order valence-electron chi connectivity index (χ2n) is 4.47. The van der Waals surface area contributed by atoms with E-state index in [1.165, 1.54) is 22.5 Å². The first-order valence-corrected chi connectivity index (χ1v) is 6.76. The van der Waals surface area contributed by atoms with Gasteiger partial charge in [0.1, 0.15) is 5.01 Å². The Bertz CT molecular complexity index is 458. The normalized spacial score (nSPS) is 23.8. The van der Waals surface area contributed by atoms with Crippen LogP contribution in [0.4, 0.5) is 0 Å². The standard InChI is InChI=1S/C13H16N2S/c1-2-9-7-11(9)14-8-13-15-10-5-3-4-6-12(10)16-13/h3-6,9,11,14H,2,7-8H2,1H3. The molecule has 0 aliphatic heterocycles. The van der Waals surface area contributed by atoms with Crippen molar-refractivity contribution in [3.05, 3.63) is 29.3 Å². The van der Waals surface area contributed by atoms with Crippen LogP contribution in [0.2, 0.25) is 0 Å². The third kappa shape index (κ3) is 1.97. The van der Waals surface area contributed by atoms with Gasteiger partial charge in [0, 0.05) is 12.6 Å². The highest BCUT2D eigenvalue weighted by Crippen LogP contribution is 2.33. The lowest BCUT2D eigenvalue weighted by atomic mass is 10.3. The van der Waals surface area contributed by atoms with Crippen LogP contribution in [0.25, 0.3) is 10.2 Å². The Morgan fingerprint density at radius 3 is 3.06 bits per heavy atom. The fourth-order valence-corrected chi connectivity index (χ4v) is 3.08. The maximum atomic E-state index is 4.62. The average Bonchev–Trinajstić information content (AvgIpc) is 2.95. The SMILES string of the molecule is CCC1CC1NCc1nc2ccccc2s1. The summed E-state index contributed by atoms with van der Waals surface area (Å²) in [5.41, 5.74) is 1.13. The maximum absolute atomic E-state index is 4.62. The molecule has 0 bridgehead atoms. The van der Waals surface area contributed by atoms with E-state index in [4.69, 9.17) is 0 Å². The molecule has 84 valence electrons. The molecule has 3 heteroatoms. The smallest absolute Gasteiger partial charge is 0.108 e. The summed E-state index contributed by atoms with van der Waals surface area (Å²) in [6, 6.07) is 9.10. The minimum Gasteiger partial charge on any atom is -0.307 e. The second kappa shape index (κ2) is 4.15. The van der Waals surface area contributed by atoms with E-state index in [1.54, 1.807) is 11.3 Å². The Balaban J connectivity index is 1.66. The van der Waals surface area contributed by atoms with Crippen molar-refractivity contribution in [3.8, 4) is 0 Å². The maximum Gasteiger partial charge on any atom is 0.108 e. The first-order valence-electron chi connectivity index (χ1n) is 5.94. The number of fused-ring (bicyclic) bond motifs is 1. The van der Waals surface area contributed by atoms with Crippen molar-refractivity contribution < 1.29 is 0 Å². The van der Waals surface area contributed by atoms with E-state index < -0.39 is 0 Å². The highest BCUT2D eigenvalue weighted by atomic mass is 32.1. The molecule has 1 saturated carbocycles. The molecule has 0 radical (unpaired) electrons. The van der Waals surface area contributed by atoms with Crippen LogP contribution in [0.5, 0.6) is 0 Å². The molecular formula is C13H16N2S. The number of nitrogens with zero attached hydrogens (tertiary/aromatic N) is 1. The lowest BCUT2D eigenvalue weighted by Gasteiger charge is -1.99. The lowest BCUT2D eigenvalue weighted by molar-refractivity contribution is 0.622. The molecule has 3 rings (SSSR count). The van der Waals surface area contributed by atoms with Crippen molar-refractivity contribution >= 4 is 21.6 Å². The molecule has 1 N–H and O–H groups in total. The van der Waals surface area contributed by atoms with Crippen molar-refractivity contribution in [3.63, 3.8) is 0 Å². The van der Waals surface area contributed by atoms with E-state index in [0.29, 0.717) is 0 Å². The van der Waals surface area contributed by atoms with E-state index in [-0.39, 0.29) is 0 Å². The van der Waals surface area contributed by atoms with Crippen molar-refractivity contribution in [2.24, 2.45) is 5.92 Å². The quantitative estimate of drug-likeness (QED) is 0.875. The molecule has 1 aliphatic carbocycles. The number of benzene rings is 1. The van der Waals surface area contributed by atoms with Crippen molar-refractivity contribution in [2.45, 2.75) is 32.4 Å². The van der Waals surface area contributed by atoms with Gasteiger partial charge in [-0.05, 0) is 24.5 Å². The van der Waals surface area contributed by atoms with Gasteiger partial charge in [0.2, 0.25) is 0 Å². The Morgan fingerprint density at radius 1 is 1.44 bits per heavy atom. The Labute approximate surface area is 99.7 Å². The summed E-state index contributed by atoms with van der Waals surface area (Å²) in [6.45, 7) is 3.20. The largest absolute Gasteiger partial charge is 0.307 e. The topological polar surface area (TPSA) is 24.9 Å². The molecule has 1 aromatic carbocycles. The lowest BCUT2D eigenvalue weighted by Crippen LogP contribution is -2.17. The molecular weight excluding hydrogens is 216 g/mol. The molecule has 0 spiro atoms. The van der Waals surface area contributed by atoms with Crippen LogP contribution in [0.1, 0.15) is 24.8 Å². The second-order valence-corrected chi connectivity index (χ2v) is 5.58. The van der Waals surface area contributed by atoms with Gasteiger partial charge in [-0.1, -0.05) is 25.5 Å². The van der Waals surface area contributed by atoms with Crippen LogP contribution in [0.3, 0.4) is 0 Å². The Morgan fingerprint density at radius 2 is 2.31 bits per heavy atom. The van der Waals surface area contributed by atoms with Crippen LogP contribution in [0, 0.1) is 5.92 Å².